The summed E-state index contributed by atoms with van der Waals surface area (Å²) in [6.07, 6.45) is 1.13. The van der Waals surface area contributed by atoms with Crippen molar-refractivity contribution in [2.24, 2.45) is 17.2 Å². The molecule has 27 heavy (non-hydrogen) atoms. The molecule has 0 saturated heterocycles. The Kier molecular flexibility index (Phi) is 9.30. The monoisotopic (exact) mass is 377 g/mol. The molecule has 0 fully saturated rings. The van der Waals surface area contributed by atoms with Crippen LogP contribution in [0.4, 0.5) is 0 Å². The molecule has 10 N–H and O–H groups in total. The van der Waals surface area contributed by atoms with Crippen LogP contribution >= 0.6 is 0 Å². The molecule has 0 radical (unpaired) electrons. The molecule has 0 aliphatic rings. The summed E-state index contributed by atoms with van der Waals surface area (Å²) in [7, 11) is 0. The average Bonchev–Trinajstić information content (AvgIpc) is 2.63. The third kappa shape index (κ3) is 9.21. The van der Waals surface area contributed by atoms with Crippen molar-refractivity contribution >= 4 is 23.7 Å². The van der Waals surface area contributed by atoms with Crippen molar-refractivity contribution in [1.29, 1.82) is 5.41 Å². The predicted molar refractivity (Wildman–Crippen MR) is 101 cm³/mol. The molecule has 0 unspecified atom stereocenters. The molecular weight excluding hydrogens is 350 g/mol. The lowest BCUT2D eigenvalue weighted by atomic mass is 10.0. The Hall–Kier alpha value is -3.14. The summed E-state index contributed by atoms with van der Waals surface area (Å²) in [5.41, 5.74) is 16.9. The number of nitrogens with one attached hydrogen (secondary N) is 4. The van der Waals surface area contributed by atoms with E-state index in [1.165, 1.54) is 0 Å². The Labute approximate surface area is 157 Å². The highest BCUT2D eigenvalue weighted by molar-refractivity contribution is 5.91. The van der Waals surface area contributed by atoms with Gasteiger partial charge in [-0.3, -0.25) is 19.8 Å². The van der Waals surface area contributed by atoms with Gasteiger partial charge in [-0.2, -0.15) is 0 Å². The molecule has 0 aromatic heterocycles. The predicted octanol–water partition coefficient (Wildman–Crippen LogP) is -2.09. The first-order valence-electron chi connectivity index (χ1n) is 8.53. The van der Waals surface area contributed by atoms with Crippen molar-refractivity contribution in [2.75, 3.05) is 13.1 Å². The SMILES string of the molecule is N=C(N)NCCC[C@H](N)C(=O)N[C@@H](Cc1ccccc1)C(=O)NCC(N)=O. The molecule has 1 aromatic rings. The fourth-order valence-corrected chi connectivity index (χ4v) is 2.31. The van der Waals surface area contributed by atoms with Crippen LogP contribution in [0.3, 0.4) is 0 Å². The molecule has 3 amide bonds. The van der Waals surface area contributed by atoms with Crippen LogP contribution in [0.15, 0.2) is 30.3 Å². The Morgan fingerprint density at radius 2 is 1.70 bits per heavy atom. The molecule has 0 saturated carbocycles. The average molecular weight is 377 g/mol. The van der Waals surface area contributed by atoms with Gasteiger partial charge in [0, 0.05) is 13.0 Å². The number of benzene rings is 1. The zero-order chi connectivity index (χ0) is 20.2. The van der Waals surface area contributed by atoms with E-state index in [-0.39, 0.29) is 18.9 Å². The largest absolute Gasteiger partial charge is 0.370 e. The van der Waals surface area contributed by atoms with Crippen LogP contribution in [0.2, 0.25) is 0 Å². The highest BCUT2D eigenvalue weighted by atomic mass is 16.2. The minimum atomic E-state index is -0.888. The molecule has 1 aromatic carbocycles. The standard InChI is InChI=1S/C17H27N7O3/c18-12(7-4-8-22-17(20)21)15(26)24-13(16(27)23-10-14(19)25)9-11-5-2-1-3-6-11/h1-3,5-6,12-13H,4,7-10,18H2,(H2,19,25)(H,23,27)(H,24,26)(H4,20,21,22)/t12-,13-/m0/s1. The Morgan fingerprint density at radius 1 is 1.04 bits per heavy atom. The van der Waals surface area contributed by atoms with Crippen molar-refractivity contribution in [3.8, 4) is 0 Å². The molecule has 0 bridgehead atoms. The maximum absolute atomic E-state index is 12.3. The quantitative estimate of drug-likeness (QED) is 0.131. The molecule has 2 atom stereocenters. The number of primary amides is 1. The summed E-state index contributed by atoms with van der Waals surface area (Å²) < 4.78 is 0. The Balaban J connectivity index is 2.65. The first-order valence-corrected chi connectivity index (χ1v) is 8.53. The lowest BCUT2D eigenvalue weighted by Crippen LogP contribution is -2.53. The number of nitrogens with two attached hydrogens (primary N) is 3. The van der Waals surface area contributed by atoms with Crippen LogP contribution in [0.25, 0.3) is 0 Å². The second-order valence-electron chi connectivity index (χ2n) is 6.02. The van der Waals surface area contributed by atoms with Gasteiger partial charge in [-0.25, -0.2) is 0 Å². The highest BCUT2D eigenvalue weighted by Crippen LogP contribution is 2.04. The van der Waals surface area contributed by atoms with Gasteiger partial charge in [0.1, 0.15) is 6.04 Å². The lowest BCUT2D eigenvalue weighted by molar-refractivity contribution is -0.130. The number of hydrogen-bond donors (Lipinski definition) is 7. The zero-order valence-electron chi connectivity index (χ0n) is 15.0. The number of guanidine groups is 1. The van der Waals surface area contributed by atoms with E-state index in [1.54, 1.807) is 0 Å². The number of carbonyl (C=O) groups excluding carboxylic acids is 3. The molecule has 1 rings (SSSR count). The minimum Gasteiger partial charge on any atom is -0.370 e. The van der Waals surface area contributed by atoms with E-state index in [9.17, 15) is 14.4 Å². The van der Waals surface area contributed by atoms with E-state index < -0.39 is 29.8 Å². The molecule has 0 aliphatic heterocycles. The third-order valence-corrected chi connectivity index (χ3v) is 3.70. The Morgan fingerprint density at radius 3 is 2.30 bits per heavy atom. The van der Waals surface area contributed by atoms with Gasteiger partial charge in [0.05, 0.1) is 12.6 Å². The summed E-state index contributed by atoms with van der Waals surface area (Å²) >= 11 is 0. The minimum absolute atomic E-state index is 0.151. The van der Waals surface area contributed by atoms with Gasteiger partial charge in [-0.05, 0) is 18.4 Å². The number of hydrogen-bond acceptors (Lipinski definition) is 5. The van der Waals surface area contributed by atoms with Crippen molar-refractivity contribution in [2.45, 2.75) is 31.3 Å². The molecule has 0 heterocycles. The second kappa shape index (κ2) is 11.5. The van der Waals surface area contributed by atoms with Crippen LogP contribution in [-0.2, 0) is 20.8 Å². The number of amides is 3. The van der Waals surface area contributed by atoms with Crippen molar-refractivity contribution < 1.29 is 14.4 Å². The molecule has 10 nitrogen and oxygen atoms in total. The van der Waals surface area contributed by atoms with Gasteiger partial charge in [0.25, 0.3) is 0 Å². The van der Waals surface area contributed by atoms with Crippen molar-refractivity contribution in [3.63, 3.8) is 0 Å². The summed E-state index contributed by atoms with van der Waals surface area (Å²) in [5, 5.41) is 14.7. The molecule has 0 aliphatic carbocycles. The van der Waals surface area contributed by atoms with Crippen LogP contribution < -0.4 is 33.2 Å². The fraction of sp³-hybridized carbons (Fsp3) is 0.412. The lowest BCUT2D eigenvalue weighted by Gasteiger charge is -2.20. The van der Waals surface area contributed by atoms with E-state index in [0.717, 1.165) is 5.56 Å². The van der Waals surface area contributed by atoms with Gasteiger partial charge < -0.3 is 33.2 Å². The number of rotatable bonds is 11. The summed E-state index contributed by atoms with van der Waals surface area (Å²) in [6.45, 7) is 0.103. The Bertz CT molecular complexity index is 651. The summed E-state index contributed by atoms with van der Waals surface area (Å²) in [4.78, 5) is 35.5. The highest BCUT2D eigenvalue weighted by Gasteiger charge is 2.24. The van der Waals surface area contributed by atoms with Gasteiger partial charge in [0.15, 0.2) is 5.96 Å². The van der Waals surface area contributed by atoms with Crippen molar-refractivity contribution in [3.05, 3.63) is 35.9 Å². The van der Waals surface area contributed by atoms with Crippen molar-refractivity contribution in [1.82, 2.24) is 16.0 Å². The molecule has 10 heteroatoms. The van der Waals surface area contributed by atoms with Crippen LogP contribution in [-0.4, -0.2) is 48.9 Å². The van der Waals surface area contributed by atoms with Gasteiger partial charge >= 0.3 is 0 Å². The molecule has 148 valence electrons. The van der Waals surface area contributed by atoms with E-state index in [4.69, 9.17) is 22.6 Å². The van der Waals surface area contributed by atoms with Gasteiger partial charge in [0.2, 0.25) is 17.7 Å². The van der Waals surface area contributed by atoms with Crippen LogP contribution in [0.5, 0.6) is 0 Å². The maximum atomic E-state index is 12.3. The smallest absolute Gasteiger partial charge is 0.243 e. The molecule has 0 spiro atoms. The normalized spacial score (nSPS) is 12.5. The maximum Gasteiger partial charge on any atom is 0.243 e. The van der Waals surface area contributed by atoms with E-state index in [1.807, 2.05) is 30.3 Å². The third-order valence-electron chi connectivity index (χ3n) is 3.70. The summed E-state index contributed by atoms with van der Waals surface area (Å²) in [5.74, 6) is -1.82. The van der Waals surface area contributed by atoms with Crippen LogP contribution in [0.1, 0.15) is 18.4 Å². The van der Waals surface area contributed by atoms with Gasteiger partial charge in [-0.15, -0.1) is 0 Å². The van der Waals surface area contributed by atoms with Gasteiger partial charge in [-0.1, -0.05) is 30.3 Å². The zero-order valence-corrected chi connectivity index (χ0v) is 15.0. The molecular formula is C17H27N7O3. The van der Waals surface area contributed by atoms with E-state index in [0.29, 0.717) is 19.4 Å². The second-order valence-corrected chi connectivity index (χ2v) is 6.02. The number of carbonyl (C=O) groups is 3. The fourth-order valence-electron chi connectivity index (χ4n) is 2.31. The van der Waals surface area contributed by atoms with E-state index >= 15 is 0 Å². The first-order chi connectivity index (χ1) is 12.8. The van der Waals surface area contributed by atoms with E-state index in [2.05, 4.69) is 16.0 Å². The topological polar surface area (TPSA) is 189 Å². The summed E-state index contributed by atoms with van der Waals surface area (Å²) in [6, 6.07) is 7.44. The first kappa shape index (κ1) is 21.9. The van der Waals surface area contributed by atoms with Crippen LogP contribution in [0, 0.1) is 5.41 Å².